The van der Waals surface area contributed by atoms with E-state index in [4.69, 9.17) is 14.2 Å². The lowest BCUT2D eigenvalue weighted by Gasteiger charge is -2.38. The number of carbonyl (C=O) groups excluding carboxylic acids is 2. The number of piperidine rings is 1. The van der Waals surface area contributed by atoms with Crippen molar-refractivity contribution in [2.75, 3.05) is 59.1 Å². The average molecular weight is 511 g/mol. The van der Waals surface area contributed by atoms with Crippen LogP contribution in [0.1, 0.15) is 66.2 Å². The summed E-state index contributed by atoms with van der Waals surface area (Å²) < 4.78 is 16.4. The second kappa shape index (κ2) is 15.0. The largest absolute Gasteiger partial charge is 0.448 e. The maximum atomic E-state index is 12.0. The van der Waals surface area contributed by atoms with E-state index in [9.17, 15) is 9.59 Å². The standard InChI is InChI=1S/C27H50N4O5/c1-20(2)24-23-19-22(23)9-12-30(24)13-17-35-26(32)28-10-7-5-6-8-11-29-27(33)36-18-15-31-14-16-34-25(31)21(3)4/h20-25H,5-19H2,1-4H3,(H,28,32)(H,29,33). The molecule has 0 aromatic rings. The van der Waals surface area contributed by atoms with Crippen LogP contribution in [0.25, 0.3) is 0 Å². The number of alkyl carbamates (subject to hydrolysis) is 2. The van der Waals surface area contributed by atoms with E-state index in [1.165, 1.54) is 12.8 Å². The second-order valence-corrected chi connectivity index (χ2v) is 11.3. The number of likely N-dealkylation sites (tertiary alicyclic amines) is 1. The number of nitrogens with one attached hydrogen (secondary N) is 2. The maximum Gasteiger partial charge on any atom is 0.407 e. The summed E-state index contributed by atoms with van der Waals surface area (Å²) in [4.78, 5) is 28.6. The molecular weight excluding hydrogens is 460 g/mol. The first-order valence-corrected chi connectivity index (χ1v) is 14.3. The number of hydrogen-bond acceptors (Lipinski definition) is 7. The van der Waals surface area contributed by atoms with Crippen molar-refractivity contribution in [1.29, 1.82) is 0 Å². The maximum absolute atomic E-state index is 12.0. The van der Waals surface area contributed by atoms with E-state index >= 15 is 0 Å². The Balaban J connectivity index is 1.10. The van der Waals surface area contributed by atoms with Gasteiger partial charge < -0.3 is 24.8 Å². The SMILES string of the molecule is CC(C)C1OCCN1CCOC(=O)NCCCCCCNC(=O)OCCN1CCC2CC2C1C(C)C. The van der Waals surface area contributed by atoms with Crippen LogP contribution in [0, 0.1) is 23.7 Å². The van der Waals surface area contributed by atoms with Gasteiger partial charge in [0, 0.05) is 38.8 Å². The van der Waals surface area contributed by atoms with Crippen molar-refractivity contribution >= 4 is 12.2 Å². The molecule has 2 saturated heterocycles. The molecule has 36 heavy (non-hydrogen) atoms. The summed E-state index contributed by atoms with van der Waals surface area (Å²) in [5.74, 6) is 2.89. The fraction of sp³-hybridized carbons (Fsp3) is 0.926. The fourth-order valence-corrected chi connectivity index (χ4v) is 5.92. The molecule has 0 radical (unpaired) electrons. The van der Waals surface area contributed by atoms with Crippen LogP contribution in [0.5, 0.6) is 0 Å². The van der Waals surface area contributed by atoms with Gasteiger partial charge in [-0.1, -0.05) is 40.5 Å². The number of unbranched alkanes of at least 4 members (excludes halogenated alkanes) is 3. The van der Waals surface area contributed by atoms with Crippen LogP contribution >= 0.6 is 0 Å². The lowest BCUT2D eigenvalue weighted by molar-refractivity contribution is -0.00850. The van der Waals surface area contributed by atoms with Gasteiger partial charge in [0.2, 0.25) is 0 Å². The molecule has 2 amide bonds. The number of amides is 2. The van der Waals surface area contributed by atoms with E-state index in [2.05, 4.69) is 48.1 Å². The van der Waals surface area contributed by atoms with Crippen LogP contribution in [0.3, 0.4) is 0 Å². The Bertz CT molecular complexity index is 677. The minimum absolute atomic E-state index is 0.121. The zero-order valence-electron chi connectivity index (χ0n) is 23.0. The Kier molecular flexibility index (Phi) is 12.1. The molecule has 0 bridgehead atoms. The van der Waals surface area contributed by atoms with Crippen molar-refractivity contribution in [1.82, 2.24) is 20.4 Å². The molecule has 3 rings (SSSR count). The highest BCUT2D eigenvalue weighted by atomic mass is 16.6. The highest BCUT2D eigenvalue weighted by Crippen LogP contribution is 2.50. The number of ether oxygens (including phenoxy) is 3. The zero-order valence-corrected chi connectivity index (χ0v) is 23.0. The molecule has 208 valence electrons. The van der Waals surface area contributed by atoms with Crippen LogP contribution < -0.4 is 10.6 Å². The van der Waals surface area contributed by atoms with E-state index < -0.39 is 0 Å². The van der Waals surface area contributed by atoms with Gasteiger partial charge in [0.15, 0.2) is 0 Å². The minimum atomic E-state index is -0.359. The molecule has 2 heterocycles. The summed E-state index contributed by atoms with van der Waals surface area (Å²) in [5, 5.41) is 5.67. The molecule has 0 spiro atoms. The number of hydrogen-bond donors (Lipinski definition) is 2. The third-order valence-corrected chi connectivity index (χ3v) is 7.77. The summed E-state index contributed by atoms with van der Waals surface area (Å²) in [7, 11) is 0. The van der Waals surface area contributed by atoms with Gasteiger partial charge in [-0.2, -0.15) is 0 Å². The molecule has 3 aliphatic rings. The van der Waals surface area contributed by atoms with E-state index in [0.717, 1.165) is 63.8 Å². The molecular formula is C27H50N4O5. The van der Waals surface area contributed by atoms with Gasteiger partial charge >= 0.3 is 12.2 Å². The van der Waals surface area contributed by atoms with Crippen molar-refractivity contribution in [2.24, 2.45) is 23.7 Å². The molecule has 4 unspecified atom stereocenters. The van der Waals surface area contributed by atoms with Crippen molar-refractivity contribution < 1.29 is 23.8 Å². The van der Waals surface area contributed by atoms with Crippen LogP contribution in [0.4, 0.5) is 9.59 Å². The van der Waals surface area contributed by atoms with Crippen LogP contribution in [-0.4, -0.2) is 93.3 Å². The average Bonchev–Trinajstić information content (AvgIpc) is 3.47. The quantitative estimate of drug-likeness (QED) is 0.325. The third-order valence-electron chi connectivity index (χ3n) is 7.77. The topological polar surface area (TPSA) is 92.4 Å². The normalized spacial score (nSPS) is 26.2. The Morgan fingerprint density at radius 2 is 1.47 bits per heavy atom. The van der Waals surface area contributed by atoms with Gasteiger partial charge in [-0.15, -0.1) is 0 Å². The Morgan fingerprint density at radius 3 is 2.06 bits per heavy atom. The number of rotatable bonds is 15. The Hall–Kier alpha value is -1.58. The Labute approximate surface area is 217 Å². The third kappa shape index (κ3) is 9.38. The first-order valence-electron chi connectivity index (χ1n) is 14.3. The van der Waals surface area contributed by atoms with Gasteiger partial charge in [0.1, 0.15) is 19.4 Å². The smallest absolute Gasteiger partial charge is 0.407 e. The molecule has 1 aliphatic carbocycles. The predicted molar refractivity (Wildman–Crippen MR) is 140 cm³/mol. The van der Waals surface area contributed by atoms with Gasteiger partial charge in [0.25, 0.3) is 0 Å². The van der Waals surface area contributed by atoms with Crippen molar-refractivity contribution in [2.45, 2.75) is 78.5 Å². The lowest BCUT2D eigenvalue weighted by atomic mass is 9.92. The zero-order chi connectivity index (χ0) is 25.9. The fourth-order valence-electron chi connectivity index (χ4n) is 5.92. The van der Waals surface area contributed by atoms with Crippen molar-refractivity contribution in [3.63, 3.8) is 0 Å². The molecule has 4 atom stereocenters. The molecule has 0 aromatic heterocycles. The first-order chi connectivity index (χ1) is 17.4. The number of carbonyl (C=O) groups is 2. The van der Waals surface area contributed by atoms with E-state index in [1.807, 2.05) is 0 Å². The summed E-state index contributed by atoms with van der Waals surface area (Å²) >= 11 is 0. The minimum Gasteiger partial charge on any atom is -0.448 e. The van der Waals surface area contributed by atoms with E-state index in [-0.39, 0.29) is 18.4 Å². The van der Waals surface area contributed by atoms with Crippen LogP contribution in [-0.2, 0) is 14.2 Å². The van der Waals surface area contributed by atoms with Gasteiger partial charge in [-0.3, -0.25) is 9.80 Å². The Morgan fingerprint density at radius 1 is 0.861 bits per heavy atom. The molecule has 9 nitrogen and oxygen atoms in total. The molecule has 1 saturated carbocycles. The van der Waals surface area contributed by atoms with Crippen LogP contribution in [0.15, 0.2) is 0 Å². The molecule has 3 fully saturated rings. The highest BCUT2D eigenvalue weighted by molar-refractivity contribution is 5.67. The van der Waals surface area contributed by atoms with Gasteiger partial charge in [-0.25, -0.2) is 9.59 Å². The molecule has 2 aliphatic heterocycles. The second-order valence-electron chi connectivity index (χ2n) is 11.3. The van der Waals surface area contributed by atoms with Crippen molar-refractivity contribution in [3.8, 4) is 0 Å². The van der Waals surface area contributed by atoms with Gasteiger partial charge in [0.05, 0.1) is 6.61 Å². The highest BCUT2D eigenvalue weighted by Gasteiger charge is 2.49. The van der Waals surface area contributed by atoms with Crippen LogP contribution in [0.2, 0.25) is 0 Å². The number of nitrogens with zero attached hydrogens (tertiary/aromatic N) is 2. The lowest BCUT2D eigenvalue weighted by Crippen LogP contribution is -2.46. The summed E-state index contributed by atoms with van der Waals surface area (Å²) in [6.45, 7) is 15.2. The summed E-state index contributed by atoms with van der Waals surface area (Å²) in [5.41, 5.74) is 0. The van der Waals surface area contributed by atoms with Gasteiger partial charge in [-0.05, 0) is 55.9 Å². The first kappa shape index (κ1) is 29.0. The predicted octanol–water partition coefficient (Wildman–Crippen LogP) is 3.68. The molecule has 0 aromatic carbocycles. The van der Waals surface area contributed by atoms with Crippen molar-refractivity contribution in [3.05, 3.63) is 0 Å². The van der Waals surface area contributed by atoms with E-state index in [1.54, 1.807) is 0 Å². The van der Waals surface area contributed by atoms with E-state index in [0.29, 0.717) is 50.7 Å². The summed E-state index contributed by atoms with van der Waals surface area (Å²) in [6.07, 6.45) is 5.90. The molecule has 2 N–H and O–H groups in total. The number of fused-ring (bicyclic) bond motifs is 1. The molecule has 9 heteroatoms. The summed E-state index contributed by atoms with van der Waals surface area (Å²) in [6, 6.07) is 0.647. The monoisotopic (exact) mass is 510 g/mol.